The molecular weight excluding hydrogens is 240 g/mol. The van der Waals surface area contributed by atoms with Crippen molar-refractivity contribution in [2.24, 2.45) is 5.73 Å². The Morgan fingerprint density at radius 3 is 3.00 bits per heavy atom. The third-order valence-corrected chi connectivity index (χ3v) is 2.79. The minimum Gasteiger partial charge on any atom is -0.330 e. The van der Waals surface area contributed by atoms with Gasteiger partial charge >= 0.3 is 0 Å². The van der Waals surface area contributed by atoms with E-state index in [1.807, 2.05) is 18.3 Å². The molecule has 72 valence electrons. The first-order valence-electron chi connectivity index (χ1n) is 4.54. The van der Waals surface area contributed by atoms with Gasteiger partial charge in [0, 0.05) is 16.1 Å². The second-order valence-corrected chi connectivity index (χ2v) is 4.05. The number of para-hydroxylation sites is 1. The van der Waals surface area contributed by atoms with Crippen LogP contribution in [0, 0.1) is 0 Å². The molecule has 2 rings (SSSR count). The van der Waals surface area contributed by atoms with Gasteiger partial charge in [0.15, 0.2) is 0 Å². The first kappa shape index (κ1) is 9.62. The number of fused-ring (bicyclic) bond motifs is 1. The second kappa shape index (κ2) is 4.07. The number of halogens is 1. The maximum Gasteiger partial charge on any atom is 0.0844 e. The summed E-state index contributed by atoms with van der Waals surface area (Å²) >= 11 is 3.47. The highest BCUT2D eigenvalue weighted by atomic mass is 79.9. The van der Waals surface area contributed by atoms with E-state index in [0.29, 0.717) is 6.54 Å². The topological polar surface area (TPSA) is 38.9 Å². The minimum atomic E-state index is 0.668. The van der Waals surface area contributed by atoms with Gasteiger partial charge in [-0.05, 0) is 46.6 Å². The smallest absolute Gasteiger partial charge is 0.0844 e. The van der Waals surface area contributed by atoms with Crippen molar-refractivity contribution in [1.29, 1.82) is 0 Å². The van der Waals surface area contributed by atoms with Gasteiger partial charge < -0.3 is 5.73 Å². The van der Waals surface area contributed by atoms with Gasteiger partial charge in [0.05, 0.1) is 5.52 Å². The average Bonchev–Trinajstić information content (AvgIpc) is 2.18. The lowest BCUT2D eigenvalue weighted by Gasteiger charge is -2.02. The molecular formula is C11H11BrN2. The molecule has 0 atom stereocenters. The first-order valence-corrected chi connectivity index (χ1v) is 5.34. The van der Waals surface area contributed by atoms with Crippen LogP contribution in [0.2, 0.25) is 0 Å². The molecule has 0 amide bonds. The van der Waals surface area contributed by atoms with Crippen molar-refractivity contribution >= 4 is 26.8 Å². The van der Waals surface area contributed by atoms with Gasteiger partial charge in [-0.15, -0.1) is 0 Å². The molecule has 3 heteroatoms. The number of nitrogens with zero attached hydrogens (tertiary/aromatic N) is 1. The Balaban J connectivity index is 2.56. The van der Waals surface area contributed by atoms with Crippen LogP contribution in [0.15, 0.2) is 34.9 Å². The van der Waals surface area contributed by atoms with Crippen molar-refractivity contribution in [2.75, 3.05) is 6.54 Å². The van der Waals surface area contributed by atoms with E-state index in [2.05, 4.69) is 33.0 Å². The van der Waals surface area contributed by atoms with Crippen LogP contribution in [0.4, 0.5) is 0 Å². The molecule has 14 heavy (non-hydrogen) atoms. The monoisotopic (exact) mass is 250 g/mol. The number of aromatic nitrogens is 1. The highest BCUT2D eigenvalue weighted by Gasteiger charge is 2.00. The first-order chi connectivity index (χ1) is 6.81. The van der Waals surface area contributed by atoms with Gasteiger partial charge in [-0.2, -0.15) is 0 Å². The standard InChI is InChI=1S/C11H11BrN2/c12-10-3-1-2-9-6-8(4-5-13)7-14-11(9)10/h1-3,6-7H,4-5,13H2. The van der Waals surface area contributed by atoms with Crippen molar-refractivity contribution in [3.05, 3.63) is 40.5 Å². The summed E-state index contributed by atoms with van der Waals surface area (Å²) in [6.07, 6.45) is 2.77. The third-order valence-electron chi connectivity index (χ3n) is 2.15. The summed E-state index contributed by atoms with van der Waals surface area (Å²) in [5, 5.41) is 1.16. The normalized spacial score (nSPS) is 10.7. The maximum absolute atomic E-state index is 5.50. The fourth-order valence-corrected chi connectivity index (χ4v) is 1.96. The minimum absolute atomic E-state index is 0.668. The Labute approximate surface area is 91.3 Å². The lowest BCUT2D eigenvalue weighted by Crippen LogP contribution is -2.02. The highest BCUT2D eigenvalue weighted by molar-refractivity contribution is 9.10. The predicted octanol–water partition coefficient (Wildman–Crippen LogP) is 2.50. The highest BCUT2D eigenvalue weighted by Crippen LogP contribution is 2.22. The maximum atomic E-state index is 5.50. The number of nitrogens with two attached hydrogens (primary N) is 1. The van der Waals surface area contributed by atoms with Crippen molar-refractivity contribution in [3.8, 4) is 0 Å². The summed E-state index contributed by atoms with van der Waals surface area (Å²) in [5.74, 6) is 0. The van der Waals surface area contributed by atoms with Gasteiger partial charge in [-0.3, -0.25) is 4.98 Å². The molecule has 1 aromatic heterocycles. The second-order valence-electron chi connectivity index (χ2n) is 3.19. The molecule has 0 aliphatic heterocycles. The van der Waals surface area contributed by atoms with Crippen molar-refractivity contribution < 1.29 is 0 Å². The van der Waals surface area contributed by atoms with E-state index >= 15 is 0 Å². The summed E-state index contributed by atoms with van der Waals surface area (Å²) in [6, 6.07) is 8.21. The lowest BCUT2D eigenvalue weighted by atomic mass is 10.1. The molecule has 0 aliphatic carbocycles. The van der Waals surface area contributed by atoms with E-state index in [-0.39, 0.29) is 0 Å². The molecule has 0 fully saturated rings. The SMILES string of the molecule is NCCc1cnc2c(Br)cccc2c1. The van der Waals surface area contributed by atoms with Crippen molar-refractivity contribution in [1.82, 2.24) is 4.98 Å². The molecule has 0 saturated carbocycles. The van der Waals surface area contributed by atoms with Crippen LogP contribution < -0.4 is 5.73 Å². The van der Waals surface area contributed by atoms with E-state index in [0.717, 1.165) is 21.8 Å². The van der Waals surface area contributed by atoms with E-state index in [1.165, 1.54) is 5.56 Å². The van der Waals surface area contributed by atoms with Crippen LogP contribution in [0.1, 0.15) is 5.56 Å². The van der Waals surface area contributed by atoms with E-state index in [9.17, 15) is 0 Å². The summed E-state index contributed by atoms with van der Waals surface area (Å²) in [7, 11) is 0. The Kier molecular flexibility index (Phi) is 2.79. The number of rotatable bonds is 2. The summed E-state index contributed by atoms with van der Waals surface area (Å²) < 4.78 is 1.04. The Morgan fingerprint density at radius 2 is 2.21 bits per heavy atom. The van der Waals surface area contributed by atoms with E-state index in [1.54, 1.807) is 0 Å². The number of hydrogen-bond donors (Lipinski definition) is 1. The molecule has 2 aromatic rings. The van der Waals surface area contributed by atoms with Crippen LogP contribution in [-0.2, 0) is 6.42 Å². The van der Waals surface area contributed by atoms with Gasteiger partial charge in [0.1, 0.15) is 0 Å². The van der Waals surface area contributed by atoms with Crippen LogP contribution in [-0.4, -0.2) is 11.5 Å². The zero-order chi connectivity index (χ0) is 9.97. The Morgan fingerprint density at radius 1 is 1.36 bits per heavy atom. The summed E-state index contributed by atoms with van der Waals surface area (Å²) in [6.45, 7) is 0.668. The number of hydrogen-bond acceptors (Lipinski definition) is 2. The fourth-order valence-electron chi connectivity index (χ4n) is 1.47. The van der Waals surface area contributed by atoms with Gasteiger partial charge in [0.2, 0.25) is 0 Å². The van der Waals surface area contributed by atoms with Crippen LogP contribution in [0.5, 0.6) is 0 Å². The van der Waals surface area contributed by atoms with Crippen LogP contribution >= 0.6 is 15.9 Å². The van der Waals surface area contributed by atoms with Crippen LogP contribution in [0.25, 0.3) is 10.9 Å². The van der Waals surface area contributed by atoms with E-state index in [4.69, 9.17) is 5.73 Å². The predicted molar refractivity (Wildman–Crippen MR) is 62.2 cm³/mol. The molecule has 1 heterocycles. The van der Waals surface area contributed by atoms with Gasteiger partial charge in [0.25, 0.3) is 0 Å². The molecule has 2 nitrogen and oxygen atoms in total. The Hall–Kier alpha value is -0.930. The van der Waals surface area contributed by atoms with Crippen LogP contribution in [0.3, 0.4) is 0 Å². The van der Waals surface area contributed by atoms with E-state index < -0.39 is 0 Å². The third kappa shape index (κ3) is 1.79. The zero-order valence-electron chi connectivity index (χ0n) is 7.70. The molecule has 0 saturated heterocycles. The van der Waals surface area contributed by atoms with Crippen molar-refractivity contribution in [3.63, 3.8) is 0 Å². The summed E-state index contributed by atoms with van der Waals surface area (Å²) in [5.41, 5.74) is 7.70. The fraction of sp³-hybridized carbons (Fsp3) is 0.182. The zero-order valence-corrected chi connectivity index (χ0v) is 9.29. The lowest BCUT2D eigenvalue weighted by molar-refractivity contribution is 0.963. The van der Waals surface area contributed by atoms with Gasteiger partial charge in [-0.1, -0.05) is 12.1 Å². The Bertz CT molecular complexity index is 454. The number of benzene rings is 1. The van der Waals surface area contributed by atoms with Crippen molar-refractivity contribution in [2.45, 2.75) is 6.42 Å². The molecule has 0 spiro atoms. The molecule has 1 aromatic carbocycles. The molecule has 2 N–H and O–H groups in total. The molecule has 0 bridgehead atoms. The number of pyridine rings is 1. The average molecular weight is 251 g/mol. The molecule has 0 aliphatic rings. The molecule has 0 radical (unpaired) electrons. The summed E-state index contributed by atoms with van der Waals surface area (Å²) in [4.78, 5) is 4.40. The molecule has 0 unspecified atom stereocenters. The van der Waals surface area contributed by atoms with Gasteiger partial charge in [-0.25, -0.2) is 0 Å². The largest absolute Gasteiger partial charge is 0.330 e. The quantitative estimate of drug-likeness (QED) is 0.890.